The predicted molar refractivity (Wildman–Crippen MR) is 86.1 cm³/mol. The van der Waals surface area contributed by atoms with Crippen LogP contribution in [-0.4, -0.2) is 38.8 Å². The maximum atomic E-state index is 9.34. The SMILES string of the molecule is CSC1(C#N)CCN(Cc2ccn(C3CCCC3)n2)CC1. The molecule has 4 nitrogen and oxygen atoms in total. The molecule has 1 saturated heterocycles. The van der Waals surface area contributed by atoms with Gasteiger partial charge in [0.15, 0.2) is 0 Å². The van der Waals surface area contributed by atoms with Crippen molar-refractivity contribution < 1.29 is 0 Å². The molecule has 1 aliphatic carbocycles. The van der Waals surface area contributed by atoms with Crippen LogP contribution in [0, 0.1) is 11.3 Å². The van der Waals surface area contributed by atoms with Gasteiger partial charge in [-0.1, -0.05) is 12.8 Å². The van der Waals surface area contributed by atoms with Gasteiger partial charge in [0.05, 0.1) is 17.8 Å². The molecule has 1 aromatic heterocycles. The lowest BCUT2D eigenvalue weighted by atomic mass is 9.97. The van der Waals surface area contributed by atoms with E-state index in [1.54, 1.807) is 11.8 Å². The minimum atomic E-state index is -0.153. The smallest absolute Gasteiger partial charge is 0.104 e. The van der Waals surface area contributed by atoms with Crippen molar-refractivity contribution in [2.45, 2.75) is 55.9 Å². The van der Waals surface area contributed by atoms with E-state index in [1.807, 2.05) is 0 Å². The van der Waals surface area contributed by atoms with E-state index in [0.29, 0.717) is 6.04 Å². The Balaban J connectivity index is 1.55. The number of rotatable bonds is 4. The van der Waals surface area contributed by atoms with Gasteiger partial charge in [-0.2, -0.15) is 10.4 Å². The lowest BCUT2D eigenvalue weighted by Gasteiger charge is -2.35. The Morgan fingerprint density at radius 1 is 1.38 bits per heavy atom. The van der Waals surface area contributed by atoms with E-state index in [-0.39, 0.29) is 4.75 Å². The van der Waals surface area contributed by atoms with Crippen LogP contribution in [-0.2, 0) is 6.54 Å². The maximum Gasteiger partial charge on any atom is 0.104 e. The van der Waals surface area contributed by atoms with Crippen LogP contribution >= 0.6 is 11.8 Å². The van der Waals surface area contributed by atoms with Crippen LogP contribution in [0.25, 0.3) is 0 Å². The summed E-state index contributed by atoms with van der Waals surface area (Å²) in [4.78, 5) is 2.44. The van der Waals surface area contributed by atoms with Crippen LogP contribution in [0.15, 0.2) is 12.3 Å². The van der Waals surface area contributed by atoms with Crippen molar-refractivity contribution in [3.8, 4) is 6.07 Å². The van der Waals surface area contributed by atoms with Crippen molar-refractivity contribution in [2.24, 2.45) is 0 Å². The van der Waals surface area contributed by atoms with Crippen LogP contribution in [0.5, 0.6) is 0 Å². The standard InChI is InChI=1S/C16H24N4S/c1-21-16(13-17)7-10-19(11-8-16)12-14-6-9-20(18-14)15-4-2-3-5-15/h6,9,15H,2-5,7-8,10-12H2,1H3. The van der Waals surface area contributed by atoms with Gasteiger partial charge in [0.1, 0.15) is 4.75 Å². The van der Waals surface area contributed by atoms with Gasteiger partial charge in [-0.25, -0.2) is 0 Å². The molecule has 0 N–H and O–H groups in total. The molecule has 3 rings (SSSR count). The number of hydrogen-bond acceptors (Lipinski definition) is 4. The average molecular weight is 304 g/mol. The van der Waals surface area contributed by atoms with E-state index in [0.717, 1.165) is 32.5 Å². The fourth-order valence-electron chi connectivity index (χ4n) is 3.50. The highest BCUT2D eigenvalue weighted by Crippen LogP contribution is 2.34. The second-order valence-corrected chi connectivity index (χ2v) is 7.50. The summed E-state index contributed by atoms with van der Waals surface area (Å²) in [5, 5.41) is 14.1. The Morgan fingerprint density at radius 2 is 2.10 bits per heavy atom. The lowest BCUT2D eigenvalue weighted by Crippen LogP contribution is -2.41. The van der Waals surface area contributed by atoms with E-state index in [4.69, 9.17) is 5.10 Å². The van der Waals surface area contributed by atoms with E-state index >= 15 is 0 Å². The highest BCUT2D eigenvalue weighted by molar-refractivity contribution is 8.00. The molecule has 114 valence electrons. The van der Waals surface area contributed by atoms with Crippen LogP contribution in [0.4, 0.5) is 0 Å². The molecule has 0 atom stereocenters. The lowest BCUT2D eigenvalue weighted by molar-refractivity contribution is 0.206. The van der Waals surface area contributed by atoms with Crippen molar-refractivity contribution >= 4 is 11.8 Å². The molecule has 0 bridgehead atoms. The Labute approximate surface area is 131 Å². The van der Waals surface area contributed by atoms with Gasteiger partial charge in [-0.05, 0) is 38.0 Å². The number of hydrogen-bond donors (Lipinski definition) is 0. The maximum absolute atomic E-state index is 9.34. The van der Waals surface area contributed by atoms with Crippen molar-refractivity contribution in [1.82, 2.24) is 14.7 Å². The molecule has 0 aromatic carbocycles. The first-order valence-electron chi connectivity index (χ1n) is 7.97. The minimum Gasteiger partial charge on any atom is -0.297 e. The number of likely N-dealkylation sites (tertiary alicyclic amines) is 1. The zero-order chi connectivity index (χ0) is 14.7. The number of thioether (sulfide) groups is 1. The molecule has 2 heterocycles. The summed E-state index contributed by atoms with van der Waals surface area (Å²) in [5.74, 6) is 0. The Hall–Kier alpha value is -0.990. The number of aromatic nitrogens is 2. The highest BCUT2D eigenvalue weighted by Gasteiger charge is 2.34. The second-order valence-electron chi connectivity index (χ2n) is 6.31. The minimum absolute atomic E-state index is 0.153. The van der Waals surface area contributed by atoms with Gasteiger partial charge in [-0.3, -0.25) is 9.58 Å². The Bertz CT molecular complexity index is 505. The molecule has 2 aliphatic rings. The van der Waals surface area contributed by atoms with Crippen molar-refractivity contribution in [3.05, 3.63) is 18.0 Å². The zero-order valence-corrected chi connectivity index (χ0v) is 13.6. The van der Waals surface area contributed by atoms with Crippen LogP contribution in [0.2, 0.25) is 0 Å². The molecule has 0 radical (unpaired) electrons. The molecule has 5 heteroatoms. The Morgan fingerprint density at radius 3 is 2.71 bits per heavy atom. The summed E-state index contributed by atoms with van der Waals surface area (Å²) < 4.78 is 2.02. The topological polar surface area (TPSA) is 44.9 Å². The second kappa shape index (κ2) is 6.41. The molecule has 1 saturated carbocycles. The summed E-state index contributed by atoms with van der Waals surface area (Å²) in [6, 6.07) is 5.30. The van der Waals surface area contributed by atoms with Crippen molar-refractivity contribution in [1.29, 1.82) is 5.26 Å². The van der Waals surface area contributed by atoms with Crippen LogP contribution < -0.4 is 0 Å². The molecule has 0 spiro atoms. The monoisotopic (exact) mass is 304 g/mol. The normalized spacial score (nSPS) is 23.2. The summed E-state index contributed by atoms with van der Waals surface area (Å²) in [6.07, 6.45) is 11.4. The molecular weight excluding hydrogens is 280 g/mol. The summed E-state index contributed by atoms with van der Waals surface area (Å²) >= 11 is 1.71. The van der Waals surface area contributed by atoms with E-state index in [9.17, 15) is 5.26 Å². The third-order valence-corrected chi connectivity index (χ3v) is 6.29. The molecule has 21 heavy (non-hydrogen) atoms. The van der Waals surface area contributed by atoms with Gasteiger partial charge >= 0.3 is 0 Å². The molecule has 0 unspecified atom stereocenters. The quantitative estimate of drug-likeness (QED) is 0.857. The first-order valence-corrected chi connectivity index (χ1v) is 9.20. The third-order valence-electron chi connectivity index (χ3n) is 5.01. The fourth-order valence-corrected chi connectivity index (χ4v) is 4.18. The average Bonchev–Trinajstić information content (AvgIpc) is 3.19. The summed E-state index contributed by atoms with van der Waals surface area (Å²) in [7, 11) is 0. The first kappa shape index (κ1) is 14.9. The predicted octanol–water partition coefficient (Wildman–Crippen LogP) is 3.22. The van der Waals surface area contributed by atoms with Crippen LogP contribution in [0.3, 0.4) is 0 Å². The van der Waals surface area contributed by atoms with Crippen molar-refractivity contribution in [3.63, 3.8) is 0 Å². The molecule has 0 amide bonds. The number of nitrogens with zero attached hydrogens (tertiary/aromatic N) is 4. The largest absolute Gasteiger partial charge is 0.297 e. The summed E-state index contributed by atoms with van der Waals surface area (Å²) in [6.45, 7) is 2.94. The number of nitriles is 1. The molecular formula is C16H24N4S. The number of piperidine rings is 1. The highest BCUT2D eigenvalue weighted by atomic mass is 32.2. The fraction of sp³-hybridized carbons (Fsp3) is 0.750. The van der Waals surface area contributed by atoms with Gasteiger partial charge < -0.3 is 0 Å². The first-order chi connectivity index (χ1) is 10.2. The van der Waals surface area contributed by atoms with Gasteiger partial charge in [0.25, 0.3) is 0 Å². The molecule has 2 fully saturated rings. The van der Waals surface area contributed by atoms with Gasteiger partial charge in [0.2, 0.25) is 0 Å². The molecule has 1 aromatic rings. The molecule has 1 aliphatic heterocycles. The van der Waals surface area contributed by atoms with E-state index < -0.39 is 0 Å². The van der Waals surface area contributed by atoms with E-state index in [2.05, 4.69) is 34.2 Å². The van der Waals surface area contributed by atoms with Gasteiger partial charge in [0, 0.05) is 25.8 Å². The van der Waals surface area contributed by atoms with Crippen LogP contribution in [0.1, 0.15) is 50.3 Å². The Kier molecular flexibility index (Phi) is 4.56. The third kappa shape index (κ3) is 3.27. The van der Waals surface area contributed by atoms with Gasteiger partial charge in [-0.15, -0.1) is 11.8 Å². The zero-order valence-electron chi connectivity index (χ0n) is 12.8. The van der Waals surface area contributed by atoms with Crippen molar-refractivity contribution in [2.75, 3.05) is 19.3 Å². The summed E-state index contributed by atoms with van der Waals surface area (Å²) in [5.41, 5.74) is 1.18. The van der Waals surface area contributed by atoms with E-state index in [1.165, 1.54) is 31.4 Å².